The van der Waals surface area contributed by atoms with Crippen molar-refractivity contribution in [2.75, 3.05) is 24.6 Å². The van der Waals surface area contributed by atoms with Gasteiger partial charge in [0.05, 0.1) is 37.1 Å². The number of nitriles is 1. The molecule has 2 aromatic carbocycles. The van der Waals surface area contributed by atoms with E-state index in [1.807, 2.05) is 30.3 Å². The highest BCUT2D eigenvalue weighted by Crippen LogP contribution is 2.36. The molecule has 0 radical (unpaired) electrons. The second kappa shape index (κ2) is 7.64. The van der Waals surface area contributed by atoms with Gasteiger partial charge >= 0.3 is 0 Å². The molecule has 2 aromatic rings. The van der Waals surface area contributed by atoms with E-state index < -0.39 is 22.5 Å². The molecule has 1 fully saturated rings. The van der Waals surface area contributed by atoms with Crippen molar-refractivity contribution in [3.05, 3.63) is 59.4 Å². The van der Waals surface area contributed by atoms with E-state index in [-0.39, 0.29) is 24.4 Å². The largest absolute Gasteiger partial charge is 0.497 e. The summed E-state index contributed by atoms with van der Waals surface area (Å²) >= 11 is -1.69. The number of hydrogen-bond donors (Lipinski definition) is 1. The molecular weight excluding hydrogens is 369 g/mol. The van der Waals surface area contributed by atoms with E-state index in [0.717, 1.165) is 5.56 Å². The Morgan fingerprint density at radius 1 is 1.33 bits per heavy atom. The predicted octanol–water partition coefficient (Wildman–Crippen LogP) is 2.36. The summed E-state index contributed by atoms with van der Waals surface area (Å²) in [5.74, 6) is 0.201. The van der Waals surface area contributed by atoms with Gasteiger partial charge in [0.2, 0.25) is 0 Å². The number of nitrogens with zero attached hydrogens (tertiary/aromatic N) is 3. The van der Waals surface area contributed by atoms with Gasteiger partial charge < -0.3 is 9.84 Å². The van der Waals surface area contributed by atoms with Crippen LogP contribution in [0.3, 0.4) is 0 Å². The fourth-order valence-electron chi connectivity index (χ4n) is 3.00. The van der Waals surface area contributed by atoms with E-state index >= 15 is 0 Å². The lowest BCUT2D eigenvalue weighted by Crippen LogP contribution is -2.46. The lowest BCUT2D eigenvalue weighted by Gasteiger charge is -2.29. The van der Waals surface area contributed by atoms with E-state index in [4.69, 9.17) is 4.74 Å². The fourth-order valence-corrected chi connectivity index (χ4v) is 4.70. The first-order valence-corrected chi connectivity index (χ1v) is 9.39. The first kappa shape index (κ1) is 19.3. The summed E-state index contributed by atoms with van der Waals surface area (Å²) in [6, 6.07) is 13.1. The number of aliphatic hydroxyl groups is 1. The van der Waals surface area contributed by atoms with Gasteiger partial charge in [-0.05, 0) is 42.8 Å². The number of halogens is 1. The maximum absolute atomic E-state index is 13.7. The Bertz CT molecular complexity index is 900. The Hall–Kier alpha value is -2.47. The van der Waals surface area contributed by atoms with Crippen molar-refractivity contribution in [3.63, 3.8) is 0 Å². The summed E-state index contributed by atoms with van der Waals surface area (Å²) in [4.78, 5) is 0. The molecule has 0 amide bonds. The van der Waals surface area contributed by atoms with Crippen molar-refractivity contribution in [1.82, 2.24) is 4.31 Å². The monoisotopic (exact) mass is 389 g/mol. The van der Waals surface area contributed by atoms with Crippen LogP contribution in [-0.4, -0.2) is 39.4 Å². The number of aliphatic hydroxyl groups excluding tert-OH is 1. The number of ether oxygens (including phenoxy) is 1. The number of hydrogen-bond acceptors (Lipinski definition) is 4. The lowest BCUT2D eigenvalue weighted by molar-refractivity contribution is 0.126. The molecule has 1 heterocycles. The van der Waals surface area contributed by atoms with Crippen LogP contribution in [0.15, 0.2) is 42.5 Å². The van der Waals surface area contributed by atoms with Crippen LogP contribution in [0.1, 0.15) is 18.1 Å². The summed E-state index contributed by atoms with van der Waals surface area (Å²) in [5, 5.41) is 19.3. The van der Waals surface area contributed by atoms with Crippen molar-refractivity contribution in [2.45, 2.75) is 19.0 Å². The van der Waals surface area contributed by atoms with Crippen molar-refractivity contribution in [3.8, 4) is 11.8 Å². The summed E-state index contributed by atoms with van der Waals surface area (Å²) < 4.78 is 35.2. The maximum Gasteiger partial charge on any atom is 0.200 e. The second-order valence-electron chi connectivity index (χ2n) is 6.58. The van der Waals surface area contributed by atoms with Gasteiger partial charge in [0, 0.05) is 6.54 Å². The lowest BCUT2D eigenvalue weighted by atomic mass is 10.0. The average molecular weight is 389 g/mol. The first-order valence-electron chi connectivity index (χ1n) is 8.32. The van der Waals surface area contributed by atoms with Crippen LogP contribution in [-0.2, 0) is 17.7 Å². The van der Waals surface area contributed by atoms with Gasteiger partial charge in [0.25, 0.3) is 0 Å². The van der Waals surface area contributed by atoms with Gasteiger partial charge in [-0.3, -0.25) is 4.31 Å². The summed E-state index contributed by atoms with van der Waals surface area (Å²) in [5.41, 5.74) is 0.568. The van der Waals surface area contributed by atoms with E-state index in [1.54, 1.807) is 18.3 Å². The molecule has 27 heavy (non-hydrogen) atoms. The Morgan fingerprint density at radius 2 is 2.04 bits per heavy atom. The highest BCUT2D eigenvalue weighted by molar-refractivity contribution is 7.84. The summed E-state index contributed by atoms with van der Waals surface area (Å²) in [6.45, 7) is 2.08. The minimum absolute atomic E-state index is 0.199. The van der Waals surface area contributed by atoms with Crippen molar-refractivity contribution < 1.29 is 18.4 Å². The molecule has 2 unspecified atom stereocenters. The molecule has 1 aliphatic heterocycles. The molecule has 0 saturated carbocycles. The second-order valence-corrected chi connectivity index (χ2v) is 7.92. The Labute approximate surface area is 160 Å². The molecular formula is C19H20FN3O3S. The van der Waals surface area contributed by atoms with Gasteiger partial charge in [-0.2, -0.15) is 9.57 Å². The average Bonchev–Trinajstić information content (AvgIpc) is 2.94. The quantitative estimate of drug-likeness (QED) is 0.852. The molecule has 0 aromatic heterocycles. The van der Waals surface area contributed by atoms with Crippen LogP contribution in [0.5, 0.6) is 5.75 Å². The van der Waals surface area contributed by atoms with Crippen LogP contribution >= 0.6 is 0 Å². The molecule has 142 valence electrons. The minimum atomic E-state index is -1.69. The molecule has 0 spiro atoms. The predicted molar refractivity (Wildman–Crippen MR) is 101 cm³/mol. The number of methoxy groups -OCH3 is 1. The fraction of sp³-hybridized carbons (Fsp3) is 0.316. The smallest absolute Gasteiger partial charge is 0.200 e. The van der Waals surface area contributed by atoms with E-state index in [2.05, 4.69) is 0 Å². The maximum atomic E-state index is 13.7. The first-order chi connectivity index (χ1) is 12.9. The van der Waals surface area contributed by atoms with Crippen molar-refractivity contribution in [2.24, 2.45) is 0 Å². The van der Waals surface area contributed by atoms with Crippen LogP contribution < -0.4 is 9.04 Å². The summed E-state index contributed by atoms with van der Waals surface area (Å²) in [7, 11) is 1.58. The molecule has 2 atom stereocenters. The highest BCUT2D eigenvalue weighted by Gasteiger charge is 2.47. The molecule has 3 rings (SSSR count). The molecule has 8 heteroatoms. The van der Waals surface area contributed by atoms with Crippen LogP contribution in [0.4, 0.5) is 10.1 Å². The molecule has 1 aliphatic rings. The third-order valence-electron chi connectivity index (χ3n) is 4.64. The molecule has 0 aliphatic carbocycles. The van der Waals surface area contributed by atoms with E-state index in [0.29, 0.717) is 12.3 Å². The Morgan fingerprint density at radius 3 is 2.63 bits per heavy atom. The third kappa shape index (κ3) is 3.67. The van der Waals surface area contributed by atoms with Gasteiger partial charge in [-0.25, -0.2) is 8.60 Å². The van der Waals surface area contributed by atoms with Gasteiger partial charge in [-0.1, -0.05) is 12.1 Å². The third-order valence-corrected chi connectivity index (χ3v) is 6.29. The number of anilines is 1. The SMILES string of the molecule is COc1ccc(CN2S(=O)N(c3cc(F)ccc3C#N)CC2(C)CO)cc1. The molecule has 6 nitrogen and oxygen atoms in total. The normalized spacial score (nSPS) is 22.6. The summed E-state index contributed by atoms with van der Waals surface area (Å²) in [6.07, 6.45) is 0. The van der Waals surface area contributed by atoms with Gasteiger partial charge in [0.1, 0.15) is 17.6 Å². The van der Waals surface area contributed by atoms with Crippen LogP contribution in [0.2, 0.25) is 0 Å². The van der Waals surface area contributed by atoms with Crippen LogP contribution in [0.25, 0.3) is 0 Å². The standard InChI is InChI=1S/C19H20FN3O3S/c1-19(13-24)12-22(18-9-16(20)6-5-15(18)10-21)27(25)23(19)11-14-3-7-17(26-2)8-4-14/h3-9,24H,11-13H2,1-2H3. The van der Waals surface area contributed by atoms with E-state index in [1.165, 1.54) is 22.5 Å². The molecule has 1 saturated heterocycles. The Kier molecular flexibility index (Phi) is 5.46. The zero-order valence-corrected chi connectivity index (χ0v) is 15.9. The van der Waals surface area contributed by atoms with Crippen molar-refractivity contribution >= 4 is 16.9 Å². The molecule has 1 N–H and O–H groups in total. The zero-order valence-electron chi connectivity index (χ0n) is 15.1. The molecule has 0 bridgehead atoms. The van der Waals surface area contributed by atoms with E-state index in [9.17, 15) is 19.0 Å². The minimum Gasteiger partial charge on any atom is -0.497 e. The van der Waals surface area contributed by atoms with Gasteiger partial charge in [0.15, 0.2) is 11.2 Å². The Balaban J connectivity index is 1.94. The van der Waals surface area contributed by atoms with Crippen LogP contribution in [0, 0.1) is 17.1 Å². The van der Waals surface area contributed by atoms with Crippen molar-refractivity contribution in [1.29, 1.82) is 5.26 Å². The topological polar surface area (TPSA) is 76.8 Å². The zero-order chi connectivity index (χ0) is 19.6. The number of benzene rings is 2. The number of rotatable bonds is 5. The highest BCUT2D eigenvalue weighted by atomic mass is 32.2. The van der Waals surface area contributed by atoms with Gasteiger partial charge in [-0.15, -0.1) is 0 Å².